The zero-order chi connectivity index (χ0) is 14.2. The van der Waals surface area contributed by atoms with Crippen molar-refractivity contribution in [2.24, 2.45) is 5.92 Å². The van der Waals surface area contributed by atoms with E-state index in [1.807, 2.05) is 0 Å². The quantitative estimate of drug-likeness (QED) is 0.871. The van der Waals surface area contributed by atoms with Crippen molar-refractivity contribution in [3.05, 3.63) is 18.2 Å². The molecule has 2 aliphatic rings. The lowest BCUT2D eigenvalue weighted by Gasteiger charge is -2.21. The number of fused-ring (bicyclic) bond motifs is 1. The Morgan fingerprint density at radius 3 is 2.90 bits per heavy atom. The summed E-state index contributed by atoms with van der Waals surface area (Å²) >= 11 is 0. The summed E-state index contributed by atoms with van der Waals surface area (Å²) in [4.78, 5) is 12.0. The first-order valence-corrected chi connectivity index (χ1v) is 6.45. The minimum atomic E-state index is -3.64. The second-order valence-corrected chi connectivity index (χ2v) is 4.86. The van der Waals surface area contributed by atoms with E-state index in [9.17, 15) is 13.6 Å². The Morgan fingerprint density at radius 1 is 1.35 bits per heavy atom. The molecule has 0 radical (unpaired) electrons. The van der Waals surface area contributed by atoms with Crippen LogP contribution in [-0.4, -0.2) is 25.3 Å². The van der Waals surface area contributed by atoms with Gasteiger partial charge in [-0.05, 0) is 31.5 Å². The summed E-state index contributed by atoms with van der Waals surface area (Å²) in [5.41, 5.74) is 0.417. The van der Waals surface area contributed by atoms with E-state index in [-0.39, 0.29) is 23.3 Å². The number of rotatable bonds is 2. The number of anilines is 1. The van der Waals surface area contributed by atoms with Crippen LogP contribution in [0.15, 0.2) is 18.2 Å². The Kier molecular flexibility index (Phi) is 3.21. The molecule has 2 heterocycles. The Labute approximate surface area is 114 Å². The van der Waals surface area contributed by atoms with Crippen LogP contribution in [0.4, 0.5) is 14.5 Å². The second-order valence-electron chi connectivity index (χ2n) is 4.86. The monoisotopic (exact) mass is 284 g/mol. The average molecular weight is 284 g/mol. The lowest BCUT2D eigenvalue weighted by Crippen LogP contribution is -2.37. The number of halogens is 2. The molecule has 1 amide bonds. The van der Waals surface area contributed by atoms with E-state index in [1.165, 1.54) is 18.2 Å². The molecule has 0 aromatic heterocycles. The summed E-state index contributed by atoms with van der Waals surface area (Å²) in [7, 11) is 0. The summed E-state index contributed by atoms with van der Waals surface area (Å²) in [5.74, 6) is -0.333. The smallest absolute Gasteiger partial charge is 0.395 e. The molecule has 1 saturated heterocycles. The minimum Gasteiger partial charge on any atom is -0.395 e. The zero-order valence-corrected chi connectivity index (χ0v) is 10.6. The van der Waals surface area contributed by atoms with Gasteiger partial charge in [0.1, 0.15) is 0 Å². The van der Waals surface area contributed by atoms with Crippen molar-refractivity contribution in [1.29, 1.82) is 0 Å². The van der Waals surface area contributed by atoms with Gasteiger partial charge in [-0.15, -0.1) is 8.78 Å². The van der Waals surface area contributed by atoms with E-state index in [4.69, 9.17) is 0 Å². The predicted octanol–water partition coefficient (Wildman–Crippen LogP) is 1.95. The van der Waals surface area contributed by atoms with Crippen LogP contribution in [0, 0.1) is 5.92 Å². The largest absolute Gasteiger partial charge is 0.586 e. The highest BCUT2D eigenvalue weighted by atomic mass is 19.3. The summed E-state index contributed by atoms with van der Waals surface area (Å²) in [5, 5.41) is 5.86. The van der Waals surface area contributed by atoms with E-state index in [1.54, 1.807) is 0 Å². The van der Waals surface area contributed by atoms with Gasteiger partial charge in [-0.3, -0.25) is 4.79 Å². The number of piperidine rings is 1. The maximum Gasteiger partial charge on any atom is 0.586 e. The van der Waals surface area contributed by atoms with Gasteiger partial charge < -0.3 is 20.1 Å². The molecule has 20 heavy (non-hydrogen) atoms. The lowest BCUT2D eigenvalue weighted by molar-refractivity contribution is -0.286. The molecule has 108 valence electrons. The normalized spacial score (nSPS) is 23.4. The maximum atomic E-state index is 12.9. The van der Waals surface area contributed by atoms with Crippen molar-refractivity contribution < 1.29 is 23.0 Å². The first-order chi connectivity index (χ1) is 9.53. The molecule has 1 atom stereocenters. The molecule has 2 aliphatic heterocycles. The summed E-state index contributed by atoms with van der Waals surface area (Å²) in [6.45, 7) is 1.55. The third-order valence-corrected chi connectivity index (χ3v) is 3.34. The molecule has 1 fully saturated rings. The fraction of sp³-hybridized carbons (Fsp3) is 0.462. The van der Waals surface area contributed by atoms with Crippen LogP contribution in [0.3, 0.4) is 0 Å². The van der Waals surface area contributed by atoms with Crippen molar-refractivity contribution in [2.75, 3.05) is 18.4 Å². The highest BCUT2D eigenvalue weighted by molar-refractivity contribution is 5.93. The number of amides is 1. The standard InChI is InChI=1S/C13H14F2N2O3/c14-13(15)19-10-4-3-9(6-11(10)20-13)17-12(18)8-2-1-5-16-7-8/h3-4,6,8,16H,1-2,5,7H2,(H,17,18)/t8-/m0/s1. The van der Waals surface area contributed by atoms with Crippen LogP contribution in [0.5, 0.6) is 11.5 Å². The topological polar surface area (TPSA) is 59.6 Å². The van der Waals surface area contributed by atoms with Crippen LogP contribution in [-0.2, 0) is 4.79 Å². The molecule has 5 nitrogen and oxygen atoms in total. The van der Waals surface area contributed by atoms with Crippen LogP contribution in [0.1, 0.15) is 12.8 Å². The fourth-order valence-corrected chi connectivity index (χ4v) is 2.35. The van der Waals surface area contributed by atoms with Gasteiger partial charge in [-0.25, -0.2) is 0 Å². The molecular weight excluding hydrogens is 270 g/mol. The number of ether oxygens (including phenoxy) is 2. The number of nitrogens with one attached hydrogen (secondary N) is 2. The van der Waals surface area contributed by atoms with Gasteiger partial charge in [0, 0.05) is 18.3 Å². The van der Waals surface area contributed by atoms with Crippen molar-refractivity contribution in [2.45, 2.75) is 19.1 Å². The Balaban J connectivity index is 1.68. The number of hydrogen-bond acceptors (Lipinski definition) is 4. The minimum absolute atomic E-state index is 0.0349. The van der Waals surface area contributed by atoms with Gasteiger partial charge in [-0.1, -0.05) is 0 Å². The lowest BCUT2D eigenvalue weighted by atomic mass is 9.99. The predicted molar refractivity (Wildman–Crippen MR) is 66.9 cm³/mol. The molecule has 0 saturated carbocycles. The van der Waals surface area contributed by atoms with E-state index < -0.39 is 6.29 Å². The molecule has 1 aromatic carbocycles. The zero-order valence-electron chi connectivity index (χ0n) is 10.6. The Morgan fingerprint density at radius 2 is 2.15 bits per heavy atom. The van der Waals surface area contributed by atoms with E-state index in [0.717, 1.165) is 19.4 Å². The second kappa shape index (κ2) is 4.90. The van der Waals surface area contributed by atoms with Crippen molar-refractivity contribution >= 4 is 11.6 Å². The number of alkyl halides is 2. The summed E-state index contributed by atoms with van der Waals surface area (Å²) in [6, 6.07) is 4.20. The van der Waals surface area contributed by atoms with Gasteiger partial charge in [0.2, 0.25) is 5.91 Å². The van der Waals surface area contributed by atoms with E-state index >= 15 is 0 Å². The average Bonchev–Trinajstić information content (AvgIpc) is 2.73. The molecule has 0 bridgehead atoms. The SMILES string of the molecule is O=C(Nc1ccc2c(c1)OC(F)(F)O2)[C@H]1CCCNC1. The number of benzene rings is 1. The van der Waals surface area contributed by atoms with E-state index in [2.05, 4.69) is 20.1 Å². The van der Waals surface area contributed by atoms with Crippen molar-refractivity contribution in [3.8, 4) is 11.5 Å². The molecule has 3 rings (SSSR count). The first-order valence-electron chi connectivity index (χ1n) is 6.45. The van der Waals surface area contributed by atoms with Crippen LogP contribution in [0.25, 0.3) is 0 Å². The van der Waals surface area contributed by atoms with Gasteiger partial charge in [0.05, 0.1) is 5.92 Å². The molecule has 0 aliphatic carbocycles. The third kappa shape index (κ3) is 2.67. The summed E-state index contributed by atoms with van der Waals surface area (Å²) < 4.78 is 34.4. The highest BCUT2D eigenvalue weighted by Gasteiger charge is 2.43. The number of carbonyl (C=O) groups excluding carboxylic acids is 1. The third-order valence-electron chi connectivity index (χ3n) is 3.34. The van der Waals surface area contributed by atoms with Crippen LogP contribution in [0.2, 0.25) is 0 Å². The molecule has 0 spiro atoms. The summed E-state index contributed by atoms with van der Waals surface area (Å²) in [6.07, 6.45) is -1.87. The Hall–Kier alpha value is -1.89. The van der Waals surface area contributed by atoms with Crippen molar-refractivity contribution in [3.63, 3.8) is 0 Å². The molecule has 0 unspecified atom stereocenters. The van der Waals surface area contributed by atoms with Gasteiger partial charge >= 0.3 is 6.29 Å². The van der Waals surface area contributed by atoms with Gasteiger partial charge in [-0.2, -0.15) is 0 Å². The first kappa shape index (κ1) is 13.1. The molecular formula is C13H14F2N2O3. The van der Waals surface area contributed by atoms with Crippen molar-refractivity contribution in [1.82, 2.24) is 5.32 Å². The number of hydrogen-bond donors (Lipinski definition) is 2. The molecule has 1 aromatic rings. The van der Waals surface area contributed by atoms with Crippen LogP contribution >= 0.6 is 0 Å². The molecule has 7 heteroatoms. The molecule has 2 N–H and O–H groups in total. The van der Waals surface area contributed by atoms with Gasteiger partial charge in [0.25, 0.3) is 0 Å². The highest BCUT2D eigenvalue weighted by Crippen LogP contribution is 2.42. The van der Waals surface area contributed by atoms with E-state index in [0.29, 0.717) is 12.2 Å². The maximum absolute atomic E-state index is 12.9. The number of carbonyl (C=O) groups is 1. The fourth-order valence-electron chi connectivity index (χ4n) is 2.35. The van der Waals surface area contributed by atoms with Crippen LogP contribution < -0.4 is 20.1 Å². The van der Waals surface area contributed by atoms with Gasteiger partial charge in [0.15, 0.2) is 11.5 Å². The Bertz CT molecular complexity index is 530.